The first kappa shape index (κ1) is 19.3. The predicted molar refractivity (Wildman–Crippen MR) is 117 cm³/mol. The Hall–Kier alpha value is -3.03. The molecule has 0 atom stereocenters. The van der Waals surface area contributed by atoms with Gasteiger partial charge in [-0.05, 0) is 49.1 Å². The number of anilines is 1. The molecule has 0 radical (unpaired) electrons. The van der Waals surface area contributed by atoms with Gasteiger partial charge >= 0.3 is 0 Å². The van der Waals surface area contributed by atoms with E-state index in [2.05, 4.69) is 11.1 Å². The van der Waals surface area contributed by atoms with E-state index in [0.29, 0.717) is 30.0 Å². The van der Waals surface area contributed by atoms with E-state index < -0.39 is 0 Å². The van der Waals surface area contributed by atoms with Gasteiger partial charge < -0.3 is 0 Å². The van der Waals surface area contributed by atoms with Gasteiger partial charge in [0.15, 0.2) is 0 Å². The van der Waals surface area contributed by atoms with Crippen molar-refractivity contribution in [3.63, 3.8) is 0 Å². The van der Waals surface area contributed by atoms with Crippen LogP contribution in [0.25, 0.3) is 10.8 Å². The molecule has 1 aliphatic rings. The average Bonchev–Trinajstić information content (AvgIpc) is 2.77. The van der Waals surface area contributed by atoms with E-state index in [1.54, 1.807) is 0 Å². The second kappa shape index (κ2) is 8.55. The highest BCUT2D eigenvalue weighted by Crippen LogP contribution is 2.32. The van der Waals surface area contributed by atoms with E-state index in [1.807, 2.05) is 65.7 Å². The molecule has 0 unspecified atom stereocenters. The smallest absolute Gasteiger partial charge is 0.241 e. The largest absolute Gasteiger partial charge is 0.282 e. The van der Waals surface area contributed by atoms with Crippen LogP contribution in [0.3, 0.4) is 0 Å². The Morgan fingerprint density at radius 3 is 2.59 bits per heavy atom. The summed E-state index contributed by atoms with van der Waals surface area (Å²) in [5.41, 5.74) is 2.70. The zero-order valence-electron chi connectivity index (χ0n) is 16.1. The molecule has 0 saturated carbocycles. The lowest BCUT2D eigenvalue weighted by Crippen LogP contribution is -2.50. The molecule has 1 fully saturated rings. The quantitative estimate of drug-likeness (QED) is 0.590. The summed E-state index contributed by atoms with van der Waals surface area (Å²) in [5.74, 6) is 0.109. The van der Waals surface area contributed by atoms with Crippen LogP contribution in [0.15, 0.2) is 60.7 Å². The third kappa shape index (κ3) is 4.06. The minimum Gasteiger partial charge on any atom is -0.282 e. The Balaban J connectivity index is 1.60. The third-order valence-corrected chi connectivity index (χ3v) is 5.62. The van der Waals surface area contributed by atoms with E-state index in [4.69, 9.17) is 11.6 Å². The number of nitrogens with zero attached hydrogens (tertiary/aromatic N) is 3. The maximum absolute atomic E-state index is 13.1. The van der Waals surface area contributed by atoms with Crippen LogP contribution in [-0.2, 0) is 11.2 Å². The van der Waals surface area contributed by atoms with Crippen LogP contribution < -0.4 is 5.01 Å². The number of hydrazine groups is 1. The number of carbonyl (C=O) groups excluding carboxylic acids is 1. The van der Waals surface area contributed by atoms with Gasteiger partial charge in [-0.3, -0.25) is 14.8 Å². The van der Waals surface area contributed by atoms with E-state index in [9.17, 15) is 10.1 Å². The molecule has 1 heterocycles. The van der Waals surface area contributed by atoms with Gasteiger partial charge in [-0.1, -0.05) is 48.0 Å². The maximum atomic E-state index is 13.1. The highest BCUT2D eigenvalue weighted by atomic mass is 35.5. The zero-order chi connectivity index (χ0) is 20.2. The van der Waals surface area contributed by atoms with E-state index >= 15 is 0 Å². The van der Waals surface area contributed by atoms with Crippen molar-refractivity contribution in [2.75, 3.05) is 18.1 Å². The highest BCUT2D eigenvalue weighted by Gasteiger charge is 2.26. The van der Waals surface area contributed by atoms with Crippen molar-refractivity contribution in [1.29, 1.82) is 5.26 Å². The summed E-state index contributed by atoms with van der Waals surface area (Å²) in [5, 5.41) is 16.0. The predicted octanol–water partition coefficient (Wildman–Crippen LogP) is 5.34. The van der Waals surface area contributed by atoms with Gasteiger partial charge in [0.05, 0.1) is 17.3 Å². The molecule has 4 rings (SSSR count). The van der Waals surface area contributed by atoms with Gasteiger partial charge in [0, 0.05) is 35.3 Å². The van der Waals surface area contributed by atoms with Crippen LogP contribution in [0.1, 0.15) is 30.4 Å². The lowest BCUT2D eigenvalue weighted by Gasteiger charge is -2.41. The summed E-state index contributed by atoms with van der Waals surface area (Å²) >= 11 is 6.07. The molecule has 5 heteroatoms. The number of hydrogen-bond acceptors (Lipinski definition) is 3. The van der Waals surface area contributed by atoms with Gasteiger partial charge in [-0.25, -0.2) is 0 Å². The fourth-order valence-electron chi connectivity index (χ4n) is 3.95. The Kier molecular flexibility index (Phi) is 5.69. The third-order valence-electron chi connectivity index (χ3n) is 5.39. The number of halogens is 1. The van der Waals surface area contributed by atoms with Gasteiger partial charge in [0.25, 0.3) is 0 Å². The first-order valence-electron chi connectivity index (χ1n) is 9.91. The number of nitriles is 1. The van der Waals surface area contributed by atoms with E-state index in [1.165, 1.54) is 0 Å². The summed E-state index contributed by atoms with van der Waals surface area (Å²) in [6, 6.07) is 21.7. The van der Waals surface area contributed by atoms with Gasteiger partial charge in [0.2, 0.25) is 5.91 Å². The topological polar surface area (TPSA) is 47.3 Å². The second-order valence-electron chi connectivity index (χ2n) is 7.27. The Morgan fingerprint density at radius 1 is 1.00 bits per heavy atom. The number of rotatable bonds is 4. The van der Waals surface area contributed by atoms with Crippen molar-refractivity contribution >= 4 is 34.0 Å². The molecule has 1 saturated heterocycles. The Morgan fingerprint density at radius 2 is 1.79 bits per heavy atom. The molecular weight excluding hydrogens is 382 g/mol. The van der Waals surface area contributed by atoms with Crippen LogP contribution in [0.5, 0.6) is 0 Å². The van der Waals surface area contributed by atoms with Crippen LogP contribution in [0.2, 0.25) is 5.02 Å². The summed E-state index contributed by atoms with van der Waals surface area (Å²) in [7, 11) is 0. The molecule has 0 aliphatic carbocycles. The molecule has 0 N–H and O–H groups in total. The summed E-state index contributed by atoms with van der Waals surface area (Å²) in [6.45, 7) is 1.50. The number of fused-ring (bicyclic) bond motifs is 1. The van der Waals surface area contributed by atoms with Crippen molar-refractivity contribution in [1.82, 2.24) is 5.01 Å². The van der Waals surface area contributed by atoms with Gasteiger partial charge in [-0.2, -0.15) is 5.26 Å². The average molecular weight is 404 g/mol. The Labute approximate surface area is 175 Å². The summed E-state index contributed by atoms with van der Waals surface area (Å²) < 4.78 is 0. The van der Waals surface area contributed by atoms with Crippen molar-refractivity contribution in [3.05, 3.63) is 76.8 Å². The standard InChI is InChI=1S/C24H22ClN3O/c25-20-7-5-6-18(16-20)10-13-24(29)28-15-4-3-14-27(28)23-12-11-19(17-26)21-8-1-2-9-22(21)23/h1-2,5-9,11-12,16H,3-4,10,13-15H2. The molecule has 0 aromatic heterocycles. The molecule has 3 aromatic carbocycles. The Bertz CT molecular complexity index is 1090. The number of benzene rings is 3. The number of hydrogen-bond donors (Lipinski definition) is 0. The molecule has 146 valence electrons. The summed E-state index contributed by atoms with van der Waals surface area (Å²) in [6.07, 6.45) is 3.13. The van der Waals surface area contributed by atoms with Gasteiger partial charge in [-0.15, -0.1) is 0 Å². The molecule has 29 heavy (non-hydrogen) atoms. The van der Waals surface area contributed by atoms with Crippen LogP contribution in [0.4, 0.5) is 5.69 Å². The number of amides is 1. The fourth-order valence-corrected chi connectivity index (χ4v) is 4.17. The molecule has 1 amide bonds. The van der Waals surface area contributed by atoms with Crippen molar-refractivity contribution in [2.24, 2.45) is 0 Å². The van der Waals surface area contributed by atoms with Crippen molar-refractivity contribution < 1.29 is 4.79 Å². The lowest BCUT2D eigenvalue weighted by atomic mass is 10.0. The number of aryl methyl sites for hydroxylation is 1. The number of carbonyl (C=O) groups is 1. The first-order chi connectivity index (χ1) is 14.2. The maximum Gasteiger partial charge on any atom is 0.241 e. The minimum atomic E-state index is 0.109. The zero-order valence-corrected chi connectivity index (χ0v) is 16.9. The SMILES string of the molecule is N#Cc1ccc(N2CCCCN2C(=O)CCc2cccc(Cl)c2)c2ccccc12. The summed E-state index contributed by atoms with van der Waals surface area (Å²) in [4.78, 5) is 13.1. The highest BCUT2D eigenvalue weighted by molar-refractivity contribution is 6.30. The van der Waals surface area contributed by atoms with E-state index in [0.717, 1.165) is 41.4 Å². The molecule has 3 aromatic rings. The lowest BCUT2D eigenvalue weighted by molar-refractivity contribution is -0.132. The fraction of sp³-hybridized carbons (Fsp3) is 0.250. The van der Waals surface area contributed by atoms with Crippen LogP contribution in [0, 0.1) is 11.3 Å². The van der Waals surface area contributed by atoms with Crippen LogP contribution in [-0.4, -0.2) is 24.0 Å². The van der Waals surface area contributed by atoms with Crippen molar-refractivity contribution in [2.45, 2.75) is 25.7 Å². The normalized spacial score (nSPS) is 14.1. The second-order valence-corrected chi connectivity index (χ2v) is 7.70. The first-order valence-corrected chi connectivity index (χ1v) is 10.3. The van der Waals surface area contributed by atoms with Crippen molar-refractivity contribution in [3.8, 4) is 6.07 Å². The molecule has 0 bridgehead atoms. The molecule has 4 nitrogen and oxygen atoms in total. The molecular formula is C24H22ClN3O. The van der Waals surface area contributed by atoms with Gasteiger partial charge in [0.1, 0.15) is 0 Å². The minimum absolute atomic E-state index is 0.109. The van der Waals surface area contributed by atoms with E-state index in [-0.39, 0.29) is 5.91 Å². The molecule has 0 spiro atoms. The monoisotopic (exact) mass is 403 g/mol. The van der Waals surface area contributed by atoms with Crippen LogP contribution >= 0.6 is 11.6 Å². The molecule has 1 aliphatic heterocycles.